The van der Waals surface area contributed by atoms with Crippen LogP contribution in [-0.4, -0.2) is 19.6 Å². The van der Waals surface area contributed by atoms with Crippen molar-refractivity contribution in [1.29, 1.82) is 0 Å². The smallest absolute Gasteiger partial charge is 0.162 e. The zero-order valence-electron chi connectivity index (χ0n) is 15.2. The second kappa shape index (κ2) is 6.02. The molecule has 0 bridgehead atoms. The third kappa shape index (κ3) is 2.66. The van der Waals surface area contributed by atoms with E-state index in [0.29, 0.717) is 0 Å². The molecule has 0 aliphatic rings. The fourth-order valence-corrected chi connectivity index (χ4v) is 3.45. The minimum Gasteiger partial charge on any atom is -0.256 e. The zero-order chi connectivity index (χ0) is 18.4. The Labute approximate surface area is 157 Å². The molecule has 130 valence electrons. The first-order valence-electron chi connectivity index (χ1n) is 8.95. The minimum absolute atomic E-state index is 0.846. The maximum absolute atomic E-state index is 4.72. The molecular weight excluding hydrogens is 332 g/mol. The lowest BCUT2D eigenvalue weighted by Gasteiger charge is -2.06. The van der Waals surface area contributed by atoms with Gasteiger partial charge in [-0.1, -0.05) is 42.0 Å². The summed E-state index contributed by atoms with van der Waals surface area (Å²) in [4.78, 5) is 9.23. The predicted octanol–water partition coefficient (Wildman–Crippen LogP) is 5.23. The molecule has 0 atom stereocenters. The van der Waals surface area contributed by atoms with E-state index < -0.39 is 0 Å². The van der Waals surface area contributed by atoms with Gasteiger partial charge in [0.1, 0.15) is 0 Å². The molecular formula is C23H18N4. The van der Waals surface area contributed by atoms with Crippen molar-refractivity contribution in [3.05, 3.63) is 84.4 Å². The van der Waals surface area contributed by atoms with Crippen LogP contribution >= 0.6 is 0 Å². The molecule has 0 saturated carbocycles. The van der Waals surface area contributed by atoms with Gasteiger partial charge in [0, 0.05) is 35.1 Å². The minimum atomic E-state index is 0.846. The van der Waals surface area contributed by atoms with Crippen LogP contribution < -0.4 is 0 Å². The lowest BCUT2D eigenvalue weighted by molar-refractivity contribution is 0.941. The summed E-state index contributed by atoms with van der Waals surface area (Å²) in [5.74, 6) is 0. The molecule has 0 N–H and O–H groups in total. The molecule has 5 rings (SSSR count). The Bertz CT molecular complexity index is 1280. The maximum atomic E-state index is 4.72. The number of hydrogen-bond donors (Lipinski definition) is 0. The zero-order valence-corrected chi connectivity index (χ0v) is 15.2. The largest absolute Gasteiger partial charge is 0.256 e. The average molecular weight is 350 g/mol. The molecule has 0 unspecified atom stereocenters. The van der Waals surface area contributed by atoms with Gasteiger partial charge in [0.15, 0.2) is 5.65 Å². The molecule has 0 aliphatic heterocycles. The number of aromatic nitrogens is 4. The van der Waals surface area contributed by atoms with Gasteiger partial charge in [-0.2, -0.15) is 5.10 Å². The highest BCUT2D eigenvalue weighted by Crippen LogP contribution is 2.31. The van der Waals surface area contributed by atoms with Crippen LogP contribution in [0.25, 0.3) is 38.8 Å². The Morgan fingerprint density at radius 3 is 2.41 bits per heavy atom. The van der Waals surface area contributed by atoms with Gasteiger partial charge < -0.3 is 0 Å². The fourth-order valence-electron chi connectivity index (χ4n) is 3.45. The van der Waals surface area contributed by atoms with Crippen molar-refractivity contribution in [2.75, 3.05) is 0 Å². The molecule has 5 aromatic rings. The Hall–Kier alpha value is -3.53. The maximum Gasteiger partial charge on any atom is 0.162 e. The van der Waals surface area contributed by atoms with Crippen LogP contribution in [-0.2, 0) is 0 Å². The van der Waals surface area contributed by atoms with Crippen LogP contribution in [0.4, 0.5) is 0 Å². The van der Waals surface area contributed by atoms with E-state index in [2.05, 4.69) is 66.4 Å². The Balaban J connectivity index is 1.66. The van der Waals surface area contributed by atoms with Crippen molar-refractivity contribution in [1.82, 2.24) is 19.6 Å². The van der Waals surface area contributed by atoms with Crippen molar-refractivity contribution in [2.45, 2.75) is 13.8 Å². The molecule has 0 saturated heterocycles. The molecule has 4 nitrogen and oxygen atoms in total. The third-order valence-electron chi connectivity index (χ3n) is 4.93. The highest BCUT2D eigenvalue weighted by Gasteiger charge is 2.12. The van der Waals surface area contributed by atoms with Gasteiger partial charge in [-0.15, -0.1) is 0 Å². The number of benzene rings is 2. The number of hydrogen-bond acceptors (Lipinski definition) is 3. The molecule has 27 heavy (non-hydrogen) atoms. The van der Waals surface area contributed by atoms with E-state index in [4.69, 9.17) is 4.98 Å². The molecule has 0 fully saturated rings. The Morgan fingerprint density at radius 2 is 1.56 bits per heavy atom. The van der Waals surface area contributed by atoms with Crippen LogP contribution in [0.3, 0.4) is 0 Å². The van der Waals surface area contributed by atoms with Gasteiger partial charge in [0.05, 0.1) is 11.7 Å². The summed E-state index contributed by atoms with van der Waals surface area (Å²) in [6, 6.07) is 16.8. The monoisotopic (exact) mass is 350 g/mol. The molecule has 0 radical (unpaired) electrons. The van der Waals surface area contributed by atoms with E-state index in [9.17, 15) is 0 Å². The van der Waals surface area contributed by atoms with Crippen LogP contribution in [0.5, 0.6) is 0 Å². The van der Waals surface area contributed by atoms with Crippen molar-refractivity contribution in [3.8, 4) is 22.3 Å². The number of fused-ring (bicyclic) bond motifs is 2. The van der Waals surface area contributed by atoms with Crippen LogP contribution in [0.15, 0.2) is 73.3 Å². The molecule has 2 aromatic carbocycles. The predicted molar refractivity (Wildman–Crippen MR) is 109 cm³/mol. The normalized spacial score (nSPS) is 11.3. The first kappa shape index (κ1) is 15.7. The van der Waals surface area contributed by atoms with Gasteiger partial charge in [-0.05, 0) is 42.7 Å². The molecule has 0 spiro atoms. The number of pyridine rings is 1. The summed E-state index contributed by atoms with van der Waals surface area (Å²) in [6.45, 7) is 4.17. The SMILES string of the molecule is Cc1ccc(-c2cnc3c(-c4ccnc5cc(C)ccc45)cnn3c2)cc1. The van der Waals surface area contributed by atoms with E-state index >= 15 is 0 Å². The highest BCUT2D eigenvalue weighted by atomic mass is 15.2. The van der Waals surface area contributed by atoms with E-state index in [0.717, 1.165) is 38.8 Å². The van der Waals surface area contributed by atoms with Crippen molar-refractivity contribution in [3.63, 3.8) is 0 Å². The van der Waals surface area contributed by atoms with Gasteiger partial charge in [0.25, 0.3) is 0 Å². The van der Waals surface area contributed by atoms with Crippen LogP contribution in [0.2, 0.25) is 0 Å². The van der Waals surface area contributed by atoms with Gasteiger partial charge in [0.2, 0.25) is 0 Å². The molecule has 0 aliphatic carbocycles. The van der Waals surface area contributed by atoms with Crippen LogP contribution in [0, 0.1) is 13.8 Å². The molecule has 4 heteroatoms. The number of rotatable bonds is 2. The van der Waals surface area contributed by atoms with E-state index in [1.165, 1.54) is 11.1 Å². The Kier molecular flexibility index (Phi) is 3.50. The third-order valence-corrected chi connectivity index (χ3v) is 4.93. The molecule has 3 heterocycles. The van der Waals surface area contributed by atoms with Gasteiger partial charge >= 0.3 is 0 Å². The molecule has 3 aromatic heterocycles. The van der Waals surface area contributed by atoms with E-state index in [-0.39, 0.29) is 0 Å². The van der Waals surface area contributed by atoms with Crippen molar-refractivity contribution in [2.24, 2.45) is 0 Å². The highest BCUT2D eigenvalue weighted by molar-refractivity contribution is 5.97. The standard InChI is InChI=1S/C23H18N4/c1-15-3-6-17(7-4-15)18-12-25-23-21(13-26-27(23)14-18)19-9-10-24-22-11-16(2)5-8-20(19)22/h3-14H,1-2H3. The second-order valence-corrected chi connectivity index (χ2v) is 6.91. The summed E-state index contributed by atoms with van der Waals surface area (Å²) in [6.07, 6.45) is 7.68. The summed E-state index contributed by atoms with van der Waals surface area (Å²) in [5, 5.41) is 5.67. The quantitative estimate of drug-likeness (QED) is 0.438. The second-order valence-electron chi connectivity index (χ2n) is 6.91. The van der Waals surface area contributed by atoms with Gasteiger partial charge in [-0.3, -0.25) is 4.98 Å². The Morgan fingerprint density at radius 1 is 0.741 bits per heavy atom. The van der Waals surface area contributed by atoms with Gasteiger partial charge in [-0.25, -0.2) is 9.50 Å². The van der Waals surface area contributed by atoms with Crippen molar-refractivity contribution >= 4 is 16.6 Å². The summed E-state index contributed by atoms with van der Waals surface area (Å²) >= 11 is 0. The topological polar surface area (TPSA) is 43.1 Å². The summed E-state index contributed by atoms with van der Waals surface area (Å²) in [7, 11) is 0. The number of nitrogens with zero attached hydrogens (tertiary/aromatic N) is 4. The van der Waals surface area contributed by atoms with E-state index in [1.807, 2.05) is 35.4 Å². The lowest BCUT2D eigenvalue weighted by Crippen LogP contribution is -1.92. The van der Waals surface area contributed by atoms with E-state index in [1.54, 1.807) is 0 Å². The van der Waals surface area contributed by atoms with Crippen molar-refractivity contribution < 1.29 is 0 Å². The molecule has 0 amide bonds. The lowest BCUT2D eigenvalue weighted by atomic mass is 10.0. The fraction of sp³-hybridized carbons (Fsp3) is 0.0870. The average Bonchev–Trinajstić information content (AvgIpc) is 3.11. The first-order valence-corrected chi connectivity index (χ1v) is 8.95. The van der Waals surface area contributed by atoms with Crippen LogP contribution in [0.1, 0.15) is 11.1 Å². The first-order chi connectivity index (χ1) is 13.2. The summed E-state index contributed by atoms with van der Waals surface area (Å²) in [5.41, 5.74) is 8.58. The number of aryl methyl sites for hydroxylation is 2. The summed E-state index contributed by atoms with van der Waals surface area (Å²) < 4.78 is 1.85.